The van der Waals surface area contributed by atoms with Crippen molar-refractivity contribution in [1.29, 1.82) is 0 Å². The van der Waals surface area contributed by atoms with Crippen LogP contribution < -0.4 is 0 Å². The SMILES string of the molecule is CC(C)c1cc(-c2cccc(CO)c2)c2ncccc2c1. The van der Waals surface area contributed by atoms with Crippen LogP contribution >= 0.6 is 0 Å². The lowest BCUT2D eigenvalue weighted by Crippen LogP contribution is -1.93. The molecule has 0 bridgehead atoms. The molecule has 1 aromatic heterocycles. The van der Waals surface area contributed by atoms with Gasteiger partial charge in [-0.3, -0.25) is 4.98 Å². The number of pyridine rings is 1. The molecule has 2 heteroatoms. The second-order valence-electron chi connectivity index (χ2n) is 5.66. The summed E-state index contributed by atoms with van der Waals surface area (Å²) in [6.45, 7) is 4.46. The smallest absolute Gasteiger partial charge is 0.0780 e. The Hall–Kier alpha value is -2.19. The number of hydrogen-bond acceptors (Lipinski definition) is 2. The minimum absolute atomic E-state index is 0.0586. The number of aliphatic hydroxyl groups is 1. The molecule has 0 saturated carbocycles. The largest absolute Gasteiger partial charge is 0.392 e. The molecule has 21 heavy (non-hydrogen) atoms. The van der Waals surface area contributed by atoms with E-state index in [2.05, 4.69) is 43.1 Å². The molecule has 0 spiro atoms. The third kappa shape index (κ3) is 2.67. The molecule has 1 heterocycles. The van der Waals surface area contributed by atoms with Gasteiger partial charge >= 0.3 is 0 Å². The molecule has 2 aromatic carbocycles. The summed E-state index contributed by atoms with van der Waals surface area (Å²) >= 11 is 0. The van der Waals surface area contributed by atoms with Gasteiger partial charge in [0.2, 0.25) is 0 Å². The molecule has 3 rings (SSSR count). The first-order chi connectivity index (χ1) is 10.2. The van der Waals surface area contributed by atoms with Crippen LogP contribution in [0.3, 0.4) is 0 Å². The standard InChI is InChI=1S/C19H19NO/c1-13(2)17-10-16-7-4-8-20-19(16)18(11-17)15-6-3-5-14(9-15)12-21/h3-11,13,21H,12H2,1-2H3. The van der Waals surface area contributed by atoms with Crippen LogP contribution in [0, 0.1) is 0 Å². The highest BCUT2D eigenvalue weighted by Crippen LogP contribution is 2.31. The van der Waals surface area contributed by atoms with Gasteiger partial charge in [0.05, 0.1) is 12.1 Å². The molecule has 0 unspecified atom stereocenters. The van der Waals surface area contributed by atoms with Gasteiger partial charge in [0.1, 0.15) is 0 Å². The van der Waals surface area contributed by atoms with Crippen LogP contribution in [-0.2, 0) is 6.61 Å². The predicted octanol–water partition coefficient (Wildman–Crippen LogP) is 4.52. The summed E-state index contributed by atoms with van der Waals surface area (Å²) < 4.78 is 0. The van der Waals surface area contributed by atoms with E-state index in [0.717, 1.165) is 27.6 Å². The summed E-state index contributed by atoms with van der Waals surface area (Å²) in [5, 5.41) is 10.5. The van der Waals surface area contributed by atoms with Crippen LogP contribution in [0.2, 0.25) is 0 Å². The van der Waals surface area contributed by atoms with Crippen molar-refractivity contribution in [1.82, 2.24) is 4.98 Å². The van der Waals surface area contributed by atoms with Gasteiger partial charge in [-0.2, -0.15) is 0 Å². The topological polar surface area (TPSA) is 33.1 Å². The molecule has 0 aliphatic carbocycles. The third-order valence-corrected chi connectivity index (χ3v) is 3.81. The number of aromatic nitrogens is 1. The van der Waals surface area contributed by atoms with Crippen molar-refractivity contribution < 1.29 is 5.11 Å². The number of fused-ring (bicyclic) bond motifs is 1. The maximum absolute atomic E-state index is 9.35. The van der Waals surface area contributed by atoms with Crippen LogP contribution in [0.4, 0.5) is 0 Å². The van der Waals surface area contributed by atoms with E-state index < -0.39 is 0 Å². The molecular formula is C19H19NO. The van der Waals surface area contributed by atoms with Crippen LogP contribution in [0.15, 0.2) is 54.7 Å². The number of nitrogens with zero attached hydrogens (tertiary/aromatic N) is 1. The molecule has 0 amide bonds. The molecular weight excluding hydrogens is 258 g/mol. The average molecular weight is 277 g/mol. The van der Waals surface area contributed by atoms with Crippen molar-refractivity contribution in [3.8, 4) is 11.1 Å². The van der Waals surface area contributed by atoms with Crippen LogP contribution in [0.5, 0.6) is 0 Å². The molecule has 0 aliphatic rings. The van der Waals surface area contributed by atoms with E-state index in [-0.39, 0.29) is 6.61 Å². The predicted molar refractivity (Wildman–Crippen MR) is 87.2 cm³/mol. The summed E-state index contributed by atoms with van der Waals surface area (Å²) in [7, 11) is 0. The molecule has 106 valence electrons. The fraction of sp³-hybridized carbons (Fsp3) is 0.211. The second-order valence-corrected chi connectivity index (χ2v) is 5.66. The zero-order chi connectivity index (χ0) is 14.8. The normalized spacial score (nSPS) is 11.2. The minimum atomic E-state index is 0.0586. The van der Waals surface area contributed by atoms with Gasteiger partial charge in [-0.05, 0) is 46.9 Å². The molecule has 0 radical (unpaired) electrons. The Morgan fingerprint density at radius 3 is 2.67 bits per heavy atom. The van der Waals surface area contributed by atoms with Crippen LogP contribution in [0.25, 0.3) is 22.0 Å². The van der Waals surface area contributed by atoms with Crippen LogP contribution in [-0.4, -0.2) is 10.1 Å². The van der Waals surface area contributed by atoms with Crippen molar-refractivity contribution >= 4 is 10.9 Å². The molecule has 0 aliphatic heterocycles. The first-order valence-corrected chi connectivity index (χ1v) is 7.28. The average Bonchev–Trinajstić information content (AvgIpc) is 2.53. The maximum atomic E-state index is 9.35. The number of benzene rings is 2. The molecule has 2 nitrogen and oxygen atoms in total. The lowest BCUT2D eigenvalue weighted by atomic mass is 9.93. The summed E-state index contributed by atoms with van der Waals surface area (Å²) in [5.41, 5.74) is 5.48. The van der Waals surface area contributed by atoms with Crippen molar-refractivity contribution in [3.63, 3.8) is 0 Å². The molecule has 0 atom stereocenters. The molecule has 0 fully saturated rings. The summed E-state index contributed by atoms with van der Waals surface area (Å²) in [5.74, 6) is 0.467. The number of hydrogen-bond donors (Lipinski definition) is 1. The number of rotatable bonds is 3. The second kappa shape index (κ2) is 5.66. The zero-order valence-electron chi connectivity index (χ0n) is 12.4. The quantitative estimate of drug-likeness (QED) is 0.763. The van der Waals surface area contributed by atoms with E-state index in [9.17, 15) is 5.11 Å². The third-order valence-electron chi connectivity index (χ3n) is 3.81. The van der Waals surface area contributed by atoms with Gasteiger partial charge < -0.3 is 5.11 Å². The summed E-state index contributed by atoms with van der Waals surface area (Å²) in [6.07, 6.45) is 1.83. The van der Waals surface area contributed by atoms with E-state index in [1.807, 2.05) is 30.5 Å². The highest BCUT2D eigenvalue weighted by Gasteiger charge is 2.10. The molecule has 3 aromatic rings. The Balaban J connectivity index is 2.28. The lowest BCUT2D eigenvalue weighted by molar-refractivity contribution is 0.282. The Labute approximate surface area is 125 Å². The van der Waals surface area contributed by atoms with Crippen LogP contribution in [0.1, 0.15) is 30.9 Å². The summed E-state index contributed by atoms with van der Waals surface area (Å²) in [6, 6.07) is 16.5. The number of aliphatic hydroxyl groups excluding tert-OH is 1. The van der Waals surface area contributed by atoms with Gasteiger partial charge in [0.15, 0.2) is 0 Å². The highest BCUT2D eigenvalue weighted by molar-refractivity contribution is 5.94. The minimum Gasteiger partial charge on any atom is -0.392 e. The van der Waals surface area contributed by atoms with E-state index in [4.69, 9.17) is 0 Å². The first kappa shape index (κ1) is 13.8. The Morgan fingerprint density at radius 2 is 1.90 bits per heavy atom. The van der Waals surface area contributed by atoms with Crippen molar-refractivity contribution in [2.45, 2.75) is 26.4 Å². The van der Waals surface area contributed by atoms with Gasteiger partial charge in [-0.25, -0.2) is 0 Å². The zero-order valence-corrected chi connectivity index (χ0v) is 12.4. The fourth-order valence-corrected chi connectivity index (χ4v) is 2.61. The van der Waals surface area contributed by atoms with E-state index in [1.54, 1.807) is 0 Å². The van der Waals surface area contributed by atoms with E-state index in [0.29, 0.717) is 5.92 Å². The van der Waals surface area contributed by atoms with E-state index in [1.165, 1.54) is 5.56 Å². The fourth-order valence-electron chi connectivity index (χ4n) is 2.61. The lowest BCUT2D eigenvalue weighted by Gasteiger charge is -2.12. The first-order valence-electron chi connectivity index (χ1n) is 7.28. The highest BCUT2D eigenvalue weighted by atomic mass is 16.3. The molecule has 0 saturated heterocycles. The van der Waals surface area contributed by atoms with Gasteiger partial charge in [0.25, 0.3) is 0 Å². The monoisotopic (exact) mass is 277 g/mol. The van der Waals surface area contributed by atoms with Gasteiger partial charge in [0, 0.05) is 17.1 Å². The van der Waals surface area contributed by atoms with Crippen molar-refractivity contribution in [3.05, 3.63) is 65.9 Å². The van der Waals surface area contributed by atoms with Gasteiger partial charge in [-0.1, -0.05) is 38.1 Å². The molecule has 1 N–H and O–H groups in total. The van der Waals surface area contributed by atoms with E-state index >= 15 is 0 Å². The van der Waals surface area contributed by atoms with Crippen molar-refractivity contribution in [2.24, 2.45) is 0 Å². The Kier molecular flexibility index (Phi) is 3.72. The maximum Gasteiger partial charge on any atom is 0.0780 e. The summed E-state index contributed by atoms with van der Waals surface area (Å²) in [4.78, 5) is 4.55. The van der Waals surface area contributed by atoms with Crippen molar-refractivity contribution in [2.75, 3.05) is 0 Å². The Morgan fingerprint density at radius 1 is 1.05 bits per heavy atom. The Bertz CT molecular complexity index is 777. The van der Waals surface area contributed by atoms with Gasteiger partial charge in [-0.15, -0.1) is 0 Å².